The number of hydrogen-bond acceptors (Lipinski definition) is 4. The van der Waals surface area contributed by atoms with E-state index < -0.39 is 0 Å². The molecular weight excluding hydrogens is 314 g/mol. The van der Waals surface area contributed by atoms with Crippen molar-refractivity contribution >= 4 is 5.91 Å². The van der Waals surface area contributed by atoms with Crippen LogP contribution in [0.25, 0.3) is 0 Å². The van der Waals surface area contributed by atoms with E-state index in [-0.39, 0.29) is 5.41 Å². The molecule has 2 saturated carbocycles. The zero-order valence-electron chi connectivity index (χ0n) is 15.5. The molecule has 1 aromatic rings. The van der Waals surface area contributed by atoms with Crippen molar-refractivity contribution in [2.45, 2.75) is 83.0 Å². The van der Waals surface area contributed by atoms with Gasteiger partial charge in [-0.3, -0.25) is 4.79 Å². The second kappa shape index (κ2) is 7.08. The molecule has 5 heteroatoms. The van der Waals surface area contributed by atoms with Crippen molar-refractivity contribution in [3.05, 3.63) is 11.7 Å². The fraction of sp³-hybridized carbons (Fsp3) is 0.850. The highest BCUT2D eigenvalue weighted by molar-refractivity contribution is 5.76. The summed E-state index contributed by atoms with van der Waals surface area (Å²) in [6, 6.07) is 0. The maximum atomic E-state index is 12.7. The second-order valence-electron chi connectivity index (χ2n) is 8.65. The molecule has 1 saturated heterocycles. The summed E-state index contributed by atoms with van der Waals surface area (Å²) < 4.78 is 5.28. The number of amides is 1. The van der Waals surface area contributed by atoms with E-state index in [0.717, 1.165) is 50.5 Å². The molecule has 1 amide bonds. The van der Waals surface area contributed by atoms with E-state index in [1.54, 1.807) is 0 Å². The van der Waals surface area contributed by atoms with Crippen LogP contribution in [0.2, 0.25) is 0 Å². The molecule has 0 unspecified atom stereocenters. The first-order chi connectivity index (χ1) is 12.1. The zero-order chi connectivity index (χ0) is 17.3. The maximum Gasteiger partial charge on any atom is 0.223 e. The summed E-state index contributed by atoms with van der Waals surface area (Å²) in [5.41, 5.74) is 0.0283. The molecule has 0 spiro atoms. The molecule has 3 fully saturated rings. The van der Waals surface area contributed by atoms with Gasteiger partial charge in [-0.15, -0.1) is 0 Å². The number of aromatic nitrogens is 2. The Bertz CT molecular complexity index is 594. The third-order valence-corrected chi connectivity index (χ3v) is 6.64. The quantitative estimate of drug-likeness (QED) is 0.809. The van der Waals surface area contributed by atoms with E-state index in [0.29, 0.717) is 17.7 Å². The molecule has 0 bridgehead atoms. The number of aryl methyl sites for hydroxylation is 1. The number of piperidine rings is 1. The van der Waals surface area contributed by atoms with E-state index in [9.17, 15) is 4.79 Å². The van der Waals surface area contributed by atoms with Crippen LogP contribution in [0, 0.1) is 18.8 Å². The lowest BCUT2D eigenvalue weighted by Gasteiger charge is -2.40. The van der Waals surface area contributed by atoms with E-state index in [2.05, 4.69) is 15.0 Å². The van der Waals surface area contributed by atoms with Crippen LogP contribution in [-0.2, 0) is 10.2 Å². The molecule has 2 aliphatic carbocycles. The summed E-state index contributed by atoms with van der Waals surface area (Å²) in [5.74, 6) is 3.36. The van der Waals surface area contributed by atoms with Crippen LogP contribution in [0.3, 0.4) is 0 Å². The molecule has 3 aliphatic rings. The van der Waals surface area contributed by atoms with E-state index >= 15 is 0 Å². The van der Waals surface area contributed by atoms with E-state index in [4.69, 9.17) is 4.52 Å². The van der Waals surface area contributed by atoms with Crippen molar-refractivity contribution in [1.29, 1.82) is 0 Å². The van der Waals surface area contributed by atoms with Gasteiger partial charge in [0.2, 0.25) is 11.8 Å². The Balaban J connectivity index is 1.38. The fourth-order valence-electron chi connectivity index (χ4n) is 4.86. The summed E-state index contributed by atoms with van der Waals surface area (Å²) in [7, 11) is 0. The van der Waals surface area contributed by atoms with Gasteiger partial charge in [0.25, 0.3) is 0 Å². The van der Waals surface area contributed by atoms with Crippen LogP contribution in [0.15, 0.2) is 4.52 Å². The molecule has 2 heterocycles. The number of carbonyl (C=O) groups is 1. The van der Waals surface area contributed by atoms with Gasteiger partial charge < -0.3 is 9.42 Å². The highest BCUT2D eigenvalue weighted by Gasteiger charge is 2.44. The topological polar surface area (TPSA) is 59.2 Å². The van der Waals surface area contributed by atoms with E-state index in [1.165, 1.54) is 44.9 Å². The highest BCUT2D eigenvalue weighted by atomic mass is 16.5. The highest BCUT2D eigenvalue weighted by Crippen LogP contribution is 2.46. The Labute approximate surface area is 150 Å². The van der Waals surface area contributed by atoms with Crippen molar-refractivity contribution in [1.82, 2.24) is 15.0 Å². The molecule has 5 nitrogen and oxygen atoms in total. The molecule has 138 valence electrons. The summed E-state index contributed by atoms with van der Waals surface area (Å²) in [5, 5.41) is 4.27. The molecule has 4 rings (SSSR count). The van der Waals surface area contributed by atoms with Crippen molar-refractivity contribution in [2.24, 2.45) is 11.8 Å². The number of carbonyl (C=O) groups excluding carboxylic acids is 1. The molecule has 1 aliphatic heterocycles. The van der Waals surface area contributed by atoms with Crippen LogP contribution >= 0.6 is 0 Å². The van der Waals surface area contributed by atoms with Gasteiger partial charge in [0.05, 0.1) is 0 Å². The van der Waals surface area contributed by atoms with Crippen molar-refractivity contribution in [2.75, 3.05) is 13.1 Å². The van der Waals surface area contributed by atoms with Crippen molar-refractivity contribution < 1.29 is 9.32 Å². The first kappa shape index (κ1) is 17.0. The maximum absolute atomic E-state index is 12.7. The Kier molecular flexibility index (Phi) is 4.83. The molecule has 1 aromatic heterocycles. The minimum absolute atomic E-state index is 0.0283. The summed E-state index contributed by atoms with van der Waals surface area (Å²) in [4.78, 5) is 19.4. The molecule has 25 heavy (non-hydrogen) atoms. The number of rotatable bonds is 5. The normalized spacial score (nSPS) is 24.4. The molecule has 0 aromatic carbocycles. The van der Waals surface area contributed by atoms with Gasteiger partial charge in [0.15, 0.2) is 5.82 Å². The molecule has 0 N–H and O–H groups in total. The van der Waals surface area contributed by atoms with Gasteiger partial charge in [0.1, 0.15) is 0 Å². The van der Waals surface area contributed by atoms with Crippen LogP contribution in [0.5, 0.6) is 0 Å². The molecule has 0 radical (unpaired) electrons. The lowest BCUT2D eigenvalue weighted by Crippen LogP contribution is -2.46. The Morgan fingerprint density at radius 2 is 1.84 bits per heavy atom. The smallest absolute Gasteiger partial charge is 0.223 e. The average Bonchev–Trinajstić information content (AvgIpc) is 3.33. The number of likely N-dealkylation sites (tertiary alicyclic amines) is 1. The zero-order valence-corrected chi connectivity index (χ0v) is 15.5. The predicted molar refractivity (Wildman–Crippen MR) is 95.1 cm³/mol. The Morgan fingerprint density at radius 1 is 1.12 bits per heavy atom. The predicted octanol–water partition coefficient (Wildman–Crippen LogP) is 4.01. The van der Waals surface area contributed by atoms with Gasteiger partial charge in [-0.1, -0.05) is 37.3 Å². The summed E-state index contributed by atoms with van der Waals surface area (Å²) in [6.45, 7) is 3.57. The van der Waals surface area contributed by atoms with Crippen LogP contribution in [0.1, 0.15) is 82.3 Å². The van der Waals surface area contributed by atoms with Crippen LogP contribution in [0.4, 0.5) is 0 Å². The first-order valence-corrected chi connectivity index (χ1v) is 10.2. The number of nitrogens with zero attached hydrogens (tertiary/aromatic N) is 3. The number of hydrogen-bond donors (Lipinski definition) is 0. The largest absolute Gasteiger partial charge is 0.343 e. The Morgan fingerprint density at radius 3 is 2.44 bits per heavy atom. The lowest BCUT2D eigenvalue weighted by atomic mass is 9.73. The van der Waals surface area contributed by atoms with Gasteiger partial charge >= 0.3 is 0 Å². The summed E-state index contributed by atoms with van der Waals surface area (Å²) in [6.07, 6.45) is 13.0. The summed E-state index contributed by atoms with van der Waals surface area (Å²) >= 11 is 0. The van der Waals surface area contributed by atoms with E-state index in [1.807, 2.05) is 6.92 Å². The second-order valence-corrected chi connectivity index (χ2v) is 8.65. The van der Waals surface area contributed by atoms with Crippen molar-refractivity contribution in [3.8, 4) is 0 Å². The molecular formula is C20H31N3O2. The lowest BCUT2D eigenvalue weighted by molar-refractivity contribution is -0.134. The van der Waals surface area contributed by atoms with Crippen LogP contribution in [-0.4, -0.2) is 34.0 Å². The fourth-order valence-corrected chi connectivity index (χ4v) is 4.86. The first-order valence-electron chi connectivity index (χ1n) is 10.2. The monoisotopic (exact) mass is 345 g/mol. The Hall–Kier alpha value is -1.39. The SMILES string of the molecule is Cc1nc(C2(CC3CC3)CCN(C(=O)CC3CCCCC3)CC2)no1. The third-order valence-electron chi connectivity index (χ3n) is 6.64. The van der Waals surface area contributed by atoms with Crippen molar-refractivity contribution in [3.63, 3.8) is 0 Å². The van der Waals surface area contributed by atoms with Gasteiger partial charge in [-0.25, -0.2) is 0 Å². The third kappa shape index (κ3) is 3.90. The average molecular weight is 345 g/mol. The van der Waals surface area contributed by atoms with Gasteiger partial charge in [0, 0.05) is 31.8 Å². The van der Waals surface area contributed by atoms with Crippen LogP contribution < -0.4 is 0 Å². The minimum Gasteiger partial charge on any atom is -0.343 e. The van der Waals surface area contributed by atoms with Gasteiger partial charge in [-0.05, 0) is 43.9 Å². The minimum atomic E-state index is 0.0283. The van der Waals surface area contributed by atoms with Gasteiger partial charge in [-0.2, -0.15) is 4.98 Å². The molecule has 0 atom stereocenters. The standard InChI is InChI=1S/C20H31N3O2/c1-15-21-19(22-25-15)20(14-17-7-8-17)9-11-23(12-10-20)18(24)13-16-5-3-2-4-6-16/h16-17H,2-14H2,1H3.